The van der Waals surface area contributed by atoms with E-state index in [2.05, 4.69) is 25.0 Å². The number of hydrogen-bond donors (Lipinski definition) is 0. The van der Waals surface area contributed by atoms with Crippen LogP contribution in [0.2, 0.25) is 0 Å². The molecule has 2 heteroatoms. The van der Waals surface area contributed by atoms with Gasteiger partial charge in [-0.15, -0.1) is 11.8 Å². The summed E-state index contributed by atoms with van der Waals surface area (Å²) >= 11 is 1.96. The van der Waals surface area contributed by atoms with E-state index in [4.69, 9.17) is 0 Å². The van der Waals surface area contributed by atoms with Gasteiger partial charge < -0.3 is 0 Å². The van der Waals surface area contributed by atoms with E-state index in [1.807, 2.05) is 11.8 Å². The highest BCUT2D eigenvalue weighted by molar-refractivity contribution is 7.99. The van der Waals surface area contributed by atoms with Gasteiger partial charge in [-0.05, 0) is 46.0 Å². The topological polar surface area (TPSA) is 3.24 Å². The van der Waals surface area contributed by atoms with Crippen LogP contribution < -0.4 is 0 Å². The fourth-order valence-electron chi connectivity index (χ4n) is 1.56. The molecule has 0 N–H and O–H groups in total. The number of piperidine rings is 1. The van der Waals surface area contributed by atoms with Crippen LogP contribution in [0.4, 0.5) is 0 Å². The molecule has 0 atom stereocenters. The molecular formula is C9H19NS. The van der Waals surface area contributed by atoms with Crippen LogP contribution in [0.1, 0.15) is 33.1 Å². The van der Waals surface area contributed by atoms with Gasteiger partial charge in [-0.1, -0.05) is 6.42 Å². The molecule has 0 unspecified atom stereocenters. The Morgan fingerprint density at radius 1 is 1.09 bits per heavy atom. The number of hydrogen-bond acceptors (Lipinski definition) is 2. The molecule has 1 fully saturated rings. The van der Waals surface area contributed by atoms with Crippen molar-refractivity contribution in [2.45, 2.75) is 38.0 Å². The molecule has 1 rings (SSSR count). The van der Waals surface area contributed by atoms with E-state index >= 15 is 0 Å². The Morgan fingerprint density at radius 2 is 1.64 bits per heavy atom. The summed E-state index contributed by atoms with van der Waals surface area (Å²) in [6, 6.07) is 0. The third-order valence-corrected chi connectivity index (χ3v) is 3.87. The van der Waals surface area contributed by atoms with E-state index in [1.165, 1.54) is 32.4 Å². The maximum Gasteiger partial charge on any atom is 0.0610 e. The summed E-state index contributed by atoms with van der Waals surface area (Å²) in [6.07, 6.45) is 6.42. The number of thioether (sulfide) groups is 1. The lowest BCUT2D eigenvalue weighted by atomic mass is 10.1. The van der Waals surface area contributed by atoms with Gasteiger partial charge in [0.15, 0.2) is 0 Å². The summed E-state index contributed by atoms with van der Waals surface area (Å²) in [5.74, 6) is 0. The fourth-order valence-corrected chi connectivity index (χ4v) is 2.00. The molecule has 0 radical (unpaired) electrons. The molecule has 0 spiro atoms. The first-order valence-electron chi connectivity index (χ1n) is 4.47. The second-order valence-electron chi connectivity index (χ2n) is 3.70. The molecule has 1 aliphatic heterocycles. The van der Waals surface area contributed by atoms with Crippen LogP contribution in [0.25, 0.3) is 0 Å². The largest absolute Gasteiger partial charge is 0.289 e. The molecule has 1 heterocycles. The minimum atomic E-state index is 0.362. The second-order valence-corrected chi connectivity index (χ2v) is 5.11. The fraction of sp³-hybridized carbons (Fsp3) is 1.00. The zero-order valence-corrected chi connectivity index (χ0v) is 8.71. The van der Waals surface area contributed by atoms with Gasteiger partial charge in [0.2, 0.25) is 0 Å². The Labute approximate surface area is 74.5 Å². The van der Waals surface area contributed by atoms with E-state index in [1.54, 1.807) is 0 Å². The predicted octanol–water partition coefficient (Wildman–Crippen LogP) is 2.57. The van der Waals surface area contributed by atoms with E-state index in [9.17, 15) is 0 Å². The molecule has 0 aromatic heterocycles. The van der Waals surface area contributed by atoms with Gasteiger partial charge in [-0.2, -0.15) is 0 Å². The zero-order chi connectivity index (χ0) is 8.32. The van der Waals surface area contributed by atoms with Crippen molar-refractivity contribution in [3.8, 4) is 0 Å². The van der Waals surface area contributed by atoms with Crippen LogP contribution in [-0.4, -0.2) is 29.1 Å². The molecule has 1 saturated heterocycles. The molecule has 0 aromatic rings. The quantitative estimate of drug-likeness (QED) is 0.631. The van der Waals surface area contributed by atoms with Crippen molar-refractivity contribution in [2.75, 3.05) is 19.3 Å². The summed E-state index contributed by atoms with van der Waals surface area (Å²) in [5, 5.41) is 0. The lowest BCUT2D eigenvalue weighted by Crippen LogP contribution is -2.44. The van der Waals surface area contributed by atoms with Crippen molar-refractivity contribution in [3.05, 3.63) is 0 Å². The lowest BCUT2D eigenvalue weighted by molar-refractivity contribution is 0.163. The molecule has 66 valence electrons. The normalized spacial score (nSPS) is 22.1. The van der Waals surface area contributed by atoms with Gasteiger partial charge in [-0.3, -0.25) is 4.90 Å². The molecule has 0 saturated carbocycles. The number of nitrogens with zero attached hydrogens (tertiary/aromatic N) is 1. The van der Waals surface area contributed by atoms with Crippen LogP contribution in [0.3, 0.4) is 0 Å². The summed E-state index contributed by atoms with van der Waals surface area (Å²) in [5.41, 5.74) is 0. The average Bonchev–Trinajstić information content (AvgIpc) is 2.06. The van der Waals surface area contributed by atoms with Crippen LogP contribution in [0.5, 0.6) is 0 Å². The van der Waals surface area contributed by atoms with E-state index in [-0.39, 0.29) is 0 Å². The Hall–Kier alpha value is 0.310. The van der Waals surface area contributed by atoms with Gasteiger partial charge in [0, 0.05) is 0 Å². The Bertz CT molecular complexity index is 117. The maximum atomic E-state index is 2.60. The maximum absolute atomic E-state index is 2.60. The Balaban J connectivity index is 2.43. The SMILES string of the molecule is CSC(C)(C)N1CCCCC1. The molecule has 0 amide bonds. The van der Waals surface area contributed by atoms with Crippen molar-refractivity contribution in [2.24, 2.45) is 0 Å². The average molecular weight is 173 g/mol. The first-order valence-corrected chi connectivity index (χ1v) is 5.69. The molecule has 0 aromatic carbocycles. The first-order chi connectivity index (χ1) is 5.17. The Morgan fingerprint density at radius 3 is 2.09 bits per heavy atom. The molecule has 0 aliphatic carbocycles. The monoisotopic (exact) mass is 173 g/mol. The minimum absolute atomic E-state index is 0.362. The first kappa shape index (κ1) is 9.40. The third kappa shape index (κ3) is 2.38. The molecule has 0 bridgehead atoms. The van der Waals surface area contributed by atoms with Gasteiger partial charge in [0.05, 0.1) is 4.87 Å². The number of rotatable bonds is 2. The molecular weight excluding hydrogens is 154 g/mol. The van der Waals surface area contributed by atoms with Crippen molar-refractivity contribution < 1.29 is 0 Å². The Kier molecular flexibility index (Phi) is 3.26. The number of likely N-dealkylation sites (tertiary alicyclic amines) is 1. The van der Waals surface area contributed by atoms with Crippen LogP contribution in [0, 0.1) is 0 Å². The van der Waals surface area contributed by atoms with Crippen molar-refractivity contribution in [1.82, 2.24) is 4.90 Å². The van der Waals surface area contributed by atoms with Crippen molar-refractivity contribution in [1.29, 1.82) is 0 Å². The smallest absolute Gasteiger partial charge is 0.0610 e. The minimum Gasteiger partial charge on any atom is -0.289 e. The van der Waals surface area contributed by atoms with E-state index < -0.39 is 0 Å². The highest BCUT2D eigenvalue weighted by atomic mass is 32.2. The summed E-state index contributed by atoms with van der Waals surface area (Å²) < 4.78 is 0. The van der Waals surface area contributed by atoms with Crippen molar-refractivity contribution >= 4 is 11.8 Å². The summed E-state index contributed by atoms with van der Waals surface area (Å²) in [7, 11) is 0. The molecule has 1 aliphatic rings. The van der Waals surface area contributed by atoms with E-state index in [0.29, 0.717) is 4.87 Å². The van der Waals surface area contributed by atoms with Crippen LogP contribution in [0.15, 0.2) is 0 Å². The third-order valence-electron chi connectivity index (χ3n) is 2.62. The second kappa shape index (κ2) is 3.81. The molecule has 11 heavy (non-hydrogen) atoms. The standard InChI is InChI=1S/C9H19NS/c1-9(2,11-3)10-7-5-4-6-8-10/h4-8H2,1-3H3. The van der Waals surface area contributed by atoms with Crippen molar-refractivity contribution in [3.63, 3.8) is 0 Å². The van der Waals surface area contributed by atoms with E-state index in [0.717, 1.165) is 0 Å². The van der Waals surface area contributed by atoms with Crippen LogP contribution in [-0.2, 0) is 0 Å². The predicted molar refractivity (Wildman–Crippen MR) is 53.0 cm³/mol. The lowest BCUT2D eigenvalue weighted by Gasteiger charge is -2.39. The van der Waals surface area contributed by atoms with Crippen LogP contribution >= 0.6 is 11.8 Å². The highest BCUT2D eigenvalue weighted by Crippen LogP contribution is 2.28. The van der Waals surface area contributed by atoms with Gasteiger partial charge in [-0.25, -0.2) is 0 Å². The van der Waals surface area contributed by atoms with Gasteiger partial charge >= 0.3 is 0 Å². The highest BCUT2D eigenvalue weighted by Gasteiger charge is 2.26. The zero-order valence-electron chi connectivity index (χ0n) is 7.89. The summed E-state index contributed by atoms with van der Waals surface area (Å²) in [6.45, 7) is 7.24. The van der Waals surface area contributed by atoms with Gasteiger partial charge in [0.25, 0.3) is 0 Å². The summed E-state index contributed by atoms with van der Waals surface area (Å²) in [4.78, 5) is 2.96. The molecule has 1 nitrogen and oxygen atoms in total. The van der Waals surface area contributed by atoms with Gasteiger partial charge in [0.1, 0.15) is 0 Å².